The van der Waals surface area contributed by atoms with Crippen LogP contribution >= 0.6 is 0 Å². The molecule has 4 aromatic rings. The second-order valence-corrected chi connectivity index (χ2v) is 7.74. The third kappa shape index (κ3) is 10.8. The van der Waals surface area contributed by atoms with Gasteiger partial charge in [0.2, 0.25) is 0 Å². The largest absolute Gasteiger partial charge is 1.00 e. The number of nitro groups is 1. The summed E-state index contributed by atoms with van der Waals surface area (Å²) >= 11 is 0. The number of hydrogen-bond acceptors (Lipinski definition) is 10. The second kappa shape index (κ2) is 18.5. The fourth-order valence-electron chi connectivity index (χ4n) is 3.48. The van der Waals surface area contributed by atoms with Crippen molar-refractivity contribution in [3.63, 3.8) is 0 Å². The Kier molecular flexibility index (Phi) is 16.7. The van der Waals surface area contributed by atoms with Gasteiger partial charge in [-0.1, -0.05) is 25.6 Å². The first-order valence-electron chi connectivity index (χ1n) is 11.5. The zero-order valence-corrected chi connectivity index (χ0v) is 24.0. The summed E-state index contributed by atoms with van der Waals surface area (Å²) in [5.41, 5.74) is 3.43. The number of H-pyrrole nitrogens is 2. The number of nitrogens with one attached hydrogen (secondary N) is 2. The number of para-hydroxylation sites is 1. The van der Waals surface area contributed by atoms with E-state index < -0.39 is 10.8 Å². The van der Waals surface area contributed by atoms with Crippen LogP contribution in [0.15, 0.2) is 59.9 Å². The Bertz CT molecular complexity index is 1350. The smallest absolute Gasteiger partial charge is 0.635 e. The number of aromatic nitrogens is 2. The summed E-state index contributed by atoms with van der Waals surface area (Å²) in [6.45, 7) is 6.05. The number of carbonyl (C=O) groups excluding carboxylic acids is 2. The summed E-state index contributed by atoms with van der Waals surface area (Å²) in [5, 5.41) is 22.3. The molecule has 210 valence electrons. The number of carbonyl (C=O) groups is 2. The van der Waals surface area contributed by atoms with E-state index in [1.54, 1.807) is 26.0 Å². The Morgan fingerprint density at radius 2 is 1.60 bits per heavy atom. The van der Waals surface area contributed by atoms with Crippen LogP contribution in [0.5, 0.6) is 0 Å². The molecule has 0 amide bonds. The van der Waals surface area contributed by atoms with Crippen LogP contribution in [0.2, 0.25) is 0 Å². The van der Waals surface area contributed by atoms with E-state index in [4.69, 9.17) is 19.6 Å². The SMILES string of the molecule is C.CCOC(=O)C(C)c1cc2cc([N+](=O)[O-])ccc2[nH]1.CCOC(=O)Cc1cc2ccccc2[nH]1.O=NO[O-].[Na+]. The summed E-state index contributed by atoms with van der Waals surface area (Å²) in [4.78, 5) is 50.2. The molecule has 0 spiro atoms. The third-order valence-corrected chi connectivity index (χ3v) is 5.20. The summed E-state index contributed by atoms with van der Waals surface area (Å²) < 4.78 is 9.83. The molecule has 0 aliphatic heterocycles. The third-order valence-electron chi connectivity index (χ3n) is 5.20. The molecule has 2 aromatic heterocycles. The number of ether oxygens (including phenoxy) is 2. The molecule has 0 fully saturated rings. The second-order valence-electron chi connectivity index (χ2n) is 7.74. The number of fused-ring (bicyclic) bond motifs is 2. The molecular formula is C26H31N4NaO9. The van der Waals surface area contributed by atoms with Gasteiger partial charge in [-0.05, 0) is 50.4 Å². The number of nitrogens with zero attached hydrogens (tertiary/aromatic N) is 2. The van der Waals surface area contributed by atoms with Crippen LogP contribution in [-0.4, -0.2) is 40.0 Å². The van der Waals surface area contributed by atoms with Crippen molar-refractivity contribution in [1.82, 2.24) is 9.97 Å². The molecule has 0 aliphatic rings. The molecule has 14 heteroatoms. The Hall–Kier alpha value is -3.78. The average molecular weight is 567 g/mol. The fourth-order valence-corrected chi connectivity index (χ4v) is 3.48. The van der Waals surface area contributed by atoms with Gasteiger partial charge in [-0.2, -0.15) is 0 Å². The van der Waals surface area contributed by atoms with Crippen molar-refractivity contribution in [2.24, 2.45) is 5.34 Å². The number of hydrogen-bond donors (Lipinski definition) is 2. The number of esters is 2. The molecule has 0 bridgehead atoms. The molecule has 4 rings (SSSR count). The summed E-state index contributed by atoms with van der Waals surface area (Å²) in [6, 6.07) is 16.2. The van der Waals surface area contributed by atoms with Crippen molar-refractivity contribution in [2.75, 3.05) is 13.2 Å². The van der Waals surface area contributed by atoms with Crippen molar-refractivity contribution in [3.8, 4) is 0 Å². The number of nitro benzene ring substituents is 1. The van der Waals surface area contributed by atoms with Crippen LogP contribution in [0, 0.1) is 15.0 Å². The summed E-state index contributed by atoms with van der Waals surface area (Å²) in [7, 11) is 0. The first-order chi connectivity index (χ1) is 18.2. The Morgan fingerprint density at radius 1 is 0.975 bits per heavy atom. The maximum absolute atomic E-state index is 11.6. The van der Waals surface area contributed by atoms with Crippen LogP contribution in [-0.2, 0) is 30.5 Å². The molecule has 2 heterocycles. The molecule has 0 aliphatic carbocycles. The van der Waals surface area contributed by atoms with E-state index in [0.717, 1.165) is 22.1 Å². The first kappa shape index (κ1) is 36.2. The van der Waals surface area contributed by atoms with E-state index in [9.17, 15) is 19.7 Å². The number of non-ortho nitro benzene ring substituents is 1. The molecule has 1 atom stereocenters. The van der Waals surface area contributed by atoms with Gasteiger partial charge in [0, 0.05) is 39.9 Å². The Morgan fingerprint density at radius 3 is 2.17 bits per heavy atom. The van der Waals surface area contributed by atoms with E-state index in [0.29, 0.717) is 30.7 Å². The van der Waals surface area contributed by atoms with E-state index in [-0.39, 0.29) is 54.6 Å². The number of rotatable bonds is 8. The molecule has 2 N–H and O–H groups in total. The molecule has 0 radical (unpaired) electrons. The standard InChI is InChI=1S/C13H14N2O4.C12H13NO2.CH4.HNO3.Na/c1-3-19-13(16)8(2)12-7-9-6-10(15(17)18)4-5-11(9)14-12;1-2-15-12(14)8-10-7-9-5-3-4-6-11(9)13-10;;2-1-4-3;/h4-8,14H,3H2,1-2H3;3-7,13H,2,8H2,1H3;1H4;3H;/q;;;;+1/p-1. The van der Waals surface area contributed by atoms with Crippen LogP contribution in [0.25, 0.3) is 21.8 Å². The maximum Gasteiger partial charge on any atom is 1.00 e. The van der Waals surface area contributed by atoms with Crippen LogP contribution in [0.4, 0.5) is 5.69 Å². The topological polar surface area (TPSA) is 189 Å². The van der Waals surface area contributed by atoms with Gasteiger partial charge in [0.05, 0.1) is 30.5 Å². The molecular weight excluding hydrogens is 535 g/mol. The molecule has 0 saturated carbocycles. The maximum atomic E-state index is 11.6. The van der Waals surface area contributed by atoms with Crippen molar-refractivity contribution < 1.29 is 63.8 Å². The van der Waals surface area contributed by atoms with Gasteiger partial charge in [-0.15, -0.1) is 4.91 Å². The van der Waals surface area contributed by atoms with Gasteiger partial charge in [0.25, 0.3) is 5.69 Å². The predicted molar refractivity (Wildman–Crippen MR) is 142 cm³/mol. The van der Waals surface area contributed by atoms with Gasteiger partial charge in [-0.3, -0.25) is 19.7 Å². The predicted octanol–water partition coefficient (Wildman–Crippen LogP) is 1.62. The van der Waals surface area contributed by atoms with Crippen molar-refractivity contribution in [3.05, 3.63) is 81.0 Å². The first-order valence-corrected chi connectivity index (χ1v) is 11.5. The van der Waals surface area contributed by atoms with E-state index in [2.05, 4.69) is 15.0 Å². The van der Waals surface area contributed by atoms with E-state index in [1.807, 2.05) is 37.3 Å². The van der Waals surface area contributed by atoms with Gasteiger partial charge in [0.1, 0.15) is 5.34 Å². The quantitative estimate of drug-likeness (QED) is 0.0797. The van der Waals surface area contributed by atoms with Crippen LogP contribution in [0.1, 0.15) is 45.5 Å². The van der Waals surface area contributed by atoms with Crippen LogP contribution < -0.4 is 34.8 Å². The zero-order chi connectivity index (χ0) is 28.1. The Balaban J connectivity index is 0.000000654. The van der Waals surface area contributed by atoms with Crippen molar-refractivity contribution in [1.29, 1.82) is 0 Å². The summed E-state index contributed by atoms with van der Waals surface area (Å²) in [6.07, 6.45) is 0.308. The molecule has 2 aromatic carbocycles. The number of aromatic amines is 2. The minimum absolute atomic E-state index is 0. The van der Waals surface area contributed by atoms with Crippen molar-refractivity contribution >= 4 is 39.4 Å². The minimum atomic E-state index is -0.444. The fraction of sp³-hybridized carbons (Fsp3) is 0.308. The molecule has 1 unspecified atom stereocenters. The minimum Gasteiger partial charge on any atom is -0.635 e. The Labute approximate surface area is 252 Å². The van der Waals surface area contributed by atoms with Gasteiger partial charge >= 0.3 is 41.5 Å². The molecule has 13 nitrogen and oxygen atoms in total. The van der Waals surface area contributed by atoms with Gasteiger partial charge in [0.15, 0.2) is 0 Å². The van der Waals surface area contributed by atoms with Gasteiger partial charge < -0.3 is 29.7 Å². The summed E-state index contributed by atoms with van der Waals surface area (Å²) in [5.74, 6) is -0.931. The molecule has 0 saturated heterocycles. The van der Waals surface area contributed by atoms with E-state index >= 15 is 0 Å². The van der Waals surface area contributed by atoms with Gasteiger partial charge in [-0.25, -0.2) is 0 Å². The van der Waals surface area contributed by atoms with Crippen molar-refractivity contribution in [2.45, 2.75) is 40.5 Å². The number of benzene rings is 2. The normalized spacial score (nSPS) is 10.3. The van der Waals surface area contributed by atoms with E-state index in [1.165, 1.54) is 17.5 Å². The zero-order valence-electron chi connectivity index (χ0n) is 22.0. The van der Waals surface area contributed by atoms with Crippen LogP contribution in [0.3, 0.4) is 0 Å². The monoisotopic (exact) mass is 566 g/mol. The average Bonchev–Trinajstić information content (AvgIpc) is 3.52. The molecule has 40 heavy (non-hydrogen) atoms.